The number of benzene rings is 1. The lowest BCUT2D eigenvalue weighted by Gasteiger charge is -2.26. The van der Waals surface area contributed by atoms with Gasteiger partial charge in [0.25, 0.3) is 0 Å². The summed E-state index contributed by atoms with van der Waals surface area (Å²) in [4.78, 5) is 23.1. The Labute approximate surface area is 183 Å². The predicted molar refractivity (Wildman–Crippen MR) is 111 cm³/mol. The van der Waals surface area contributed by atoms with Crippen LogP contribution in [0, 0.1) is 23.9 Å². The molecular formula is C23H28N2O6. The van der Waals surface area contributed by atoms with Crippen molar-refractivity contribution >= 4 is 0 Å². The first-order valence-corrected chi connectivity index (χ1v) is 10.1. The molecule has 0 amide bonds. The van der Waals surface area contributed by atoms with Crippen molar-refractivity contribution in [3.8, 4) is 35.4 Å². The zero-order valence-electron chi connectivity index (χ0n) is 19.2. The van der Waals surface area contributed by atoms with Gasteiger partial charge in [-0.05, 0) is 79.4 Å². The molecule has 0 aliphatic carbocycles. The SMILES string of the molecule is CC1(C)ON(C#Cc2ccc(C#CN3OC(C)(C)C(C)(C)O3)c3c2OCO3)OC1(C)C. The molecule has 1 aromatic rings. The maximum atomic E-state index is 5.77. The third kappa shape index (κ3) is 3.77. The highest BCUT2D eigenvalue weighted by Gasteiger charge is 2.50. The molecular weight excluding hydrogens is 400 g/mol. The van der Waals surface area contributed by atoms with Crippen LogP contribution in [0.4, 0.5) is 0 Å². The van der Waals surface area contributed by atoms with E-state index in [1.54, 1.807) is 0 Å². The van der Waals surface area contributed by atoms with Gasteiger partial charge in [-0.25, -0.2) is 19.4 Å². The van der Waals surface area contributed by atoms with E-state index in [0.717, 1.165) is 0 Å². The minimum absolute atomic E-state index is 0.0935. The highest BCUT2D eigenvalue weighted by atomic mass is 17.0. The Balaban J connectivity index is 1.55. The molecule has 3 aliphatic heterocycles. The fourth-order valence-corrected chi connectivity index (χ4v) is 2.80. The molecule has 8 heteroatoms. The fourth-order valence-electron chi connectivity index (χ4n) is 2.80. The van der Waals surface area contributed by atoms with E-state index in [4.69, 9.17) is 28.8 Å². The van der Waals surface area contributed by atoms with Gasteiger partial charge in [-0.2, -0.15) is 0 Å². The molecule has 31 heavy (non-hydrogen) atoms. The molecule has 0 spiro atoms. The summed E-state index contributed by atoms with van der Waals surface area (Å²) in [6.45, 7) is 15.7. The normalized spacial score (nSPS) is 23.7. The van der Waals surface area contributed by atoms with E-state index >= 15 is 0 Å². The Morgan fingerprint density at radius 3 is 1.26 bits per heavy atom. The summed E-state index contributed by atoms with van der Waals surface area (Å²) >= 11 is 0. The molecule has 2 fully saturated rings. The van der Waals surface area contributed by atoms with Crippen LogP contribution < -0.4 is 9.47 Å². The number of nitrogens with zero attached hydrogens (tertiary/aromatic N) is 2. The van der Waals surface area contributed by atoms with Crippen molar-refractivity contribution in [1.29, 1.82) is 0 Å². The summed E-state index contributed by atoms with van der Waals surface area (Å²) < 4.78 is 11.3. The molecule has 3 heterocycles. The lowest BCUT2D eigenvalue weighted by atomic mass is 9.90. The van der Waals surface area contributed by atoms with Gasteiger partial charge in [0, 0.05) is 0 Å². The highest BCUT2D eigenvalue weighted by molar-refractivity contribution is 5.63. The molecule has 0 N–H and O–H groups in total. The second-order valence-corrected chi connectivity index (χ2v) is 9.62. The maximum Gasteiger partial charge on any atom is 0.231 e. The van der Waals surface area contributed by atoms with Crippen LogP contribution in [-0.4, -0.2) is 39.7 Å². The maximum absolute atomic E-state index is 5.77. The predicted octanol–water partition coefficient (Wildman–Crippen LogP) is 3.51. The molecule has 0 unspecified atom stereocenters. The molecule has 0 atom stereocenters. The number of ether oxygens (including phenoxy) is 2. The van der Waals surface area contributed by atoms with Gasteiger partial charge in [0.1, 0.15) is 22.4 Å². The standard InChI is InChI=1S/C23H28N2O6/c1-20(2)21(3,4)29-24(28-20)13-11-16-9-10-17(19-18(16)26-15-27-19)12-14-25-30-22(5,6)23(7,8)31-25/h9-10H,15H2,1-8H3. The second-order valence-electron chi connectivity index (χ2n) is 9.62. The monoisotopic (exact) mass is 428 g/mol. The number of hydrogen-bond acceptors (Lipinski definition) is 8. The number of rotatable bonds is 0. The average molecular weight is 428 g/mol. The van der Waals surface area contributed by atoms with Gasteiger partial charge in [-0.1, -0.05) is 10.5 Å². The van der Waals surface area contributed by atoms with E-state index in [1.807, 2.05) is 67.5 Å². The molecule has 0 bridgehead atoms. The Hall–Kier alpha value is -2.62. The Bertz CT molecular complexity index is 909. The topological polar surface area (TPSA) is 61.9 Å². The second kappa shape index (κ2) is 6.94. The first-order chi connectivity index (χ1) is 14.3. The van der Waals surface area contributed by atoms with Crippen LogP contribution in [0.3, 0.4) is 0 Å². The van der Waals surface area contributed by atoms with Crippen LogP contribution in [0.1, 0.15) is 66.5 Å². The minimum Gasteiger partial charge on any atom is -0.452 e. The fraction of sp³-hybridized carbons (Fsp3) is 0.565. The molecule has 0 saturated carbocycles. The van der Waals surface area contributed by atoms with Gasteiger partial charge < -0.3 is 9.47 Å². The lowest BCUT2D eigenvalue weighted by molar-refractivity contribution is -0.283. The lowest BCUT2D eigenvalue weighted by Crippen LogP contribution is -2.41. The van der Waals surface area contributed by atoms with E-state index in [2.05, 4.69) is 23.9 Å². The molecule has 0 aromatic heterocycles. The summed E-state index contributed by atoms with van der Waals surface area (Å²) in [5.74, 6) is 7.10. The van der Waals surface area contributed by atoms with Crippen molar-refractivity contribution in [2.75, 3.05) is 6.79 Å². The van der Waals surface area contributed by atoms with Crippen molar-refractivity contribution in [2.45, 2.75) is 77.8 Å². The largest absolute Gasteiger partial charge is 0.452 e. The van der Waals surface area contributed by atoms with Crippen molar-refractivity contribution in [3.05, 3.63) is 23.3 Å². The van der Waals surface area contributed by atoms with Gasteiger partial charge >= 0.3 is 0 Å². The van der Waals surface area contributed by atoms with E-state index in [-0.39, 0.29) is 6.79 Å². The molecule has 3 aliphatic rings. The Morgan fingerprint density at radius 1 is 0.613 bits per heavy atom. The quantitative estimate of drug-likeness (QED) is 0.582. The van der Waals surface area contributed by atoms with Crippen LogP contribution >= 0.6 is 0 Å². The van der Waals surface area contributed by atoms with Crippen LogP contribution in [0.2, 0.25) is 0 Å². The van der Waals surface area contributed by atoms with E-state index in [1.165, 1.54) is 10.5 Å². The highest BCUT2D eigenvalue weighted by Crippen LogP contribution is 2.40. The zero-order valence-corrected chi connectivity index (χ0v) is 19.2. The van der Waals surface area contributed by atoms with Gasteiger partial charge in [0.15, 0.2) is 11.5 Å². The first-order valence-electron chi connectivity index (χ1n) is 10.1. The van der Waals surface area contributed by atoms with Crippen molar-refractivity contribution in [1.82, 2.24) is 10.5 Å². The van der Waals surface area contributed by atoms with Crippen molar-refractivity contribution < 1.29 is 28.8 Å². The molecule has 166 valence electrons. The van der Waals surface area contributed by atoms with E-state index < -0.39 is 22.4 Å². The Kier molecular flexibility index (Phi) is 4.84. The van der Waals surface area contributed by atoms with Crippen LogP contribution in [-0.2, 0) is 19.4 Å². The smallest absolute Gasteiger partial charge is 0.231 e. The third-order valence-corrected chi connectivity index (χ3v) is 6.23. The van der Waals surface area contributed by atoms with Crippen molar-refractivity contribution in [3.63, 3.8) is 0 Å². The summed E-state index contributed by atoms with van der Waals surface area (Å²) in [6, 6.07) is 9.38. The van der Waals surface area contributed by atoms with Gasteiger partial charge in [-0.15, -0.1) is 0 Å². The van der Waals surface area contributed by atoms with E-state index in [9.17, 15) is 0 Å². The summed E-state index contributed by atoms with van der Waals surface area (Å²) in [5.41, 5.74) is -0.749. The molecule has 2 saturated heterocycles. The molecule has 4 rings (SSSR count). The molecule has 8 nitrogen and oxygen atoms in total. The molecule has 0 radical (unpaired) electrons. The summed E-state index contributed by atoms with van der Waals surface area (Å²) in [6.07, 6.45) is 0. The van der Waals surface area contributed by atoms with Crippen LogP contribution in [0.25, 0.3) is 0 Å². The van der Waals surface area contributed by atoms with Gasteiger partial charge in [-0.3, -0.25) is 0 Å². The zero-order chi connectivity index (χ0) is 22.7. The number of hydrogen-bond donors (Lipinski definition) is 0. The summed E-state index contributed by atoms with van der Waals surface area (Å²) in [5, 5.41) is 2.39. The van der Waals surface area contributed by atoms with Crippen LogP contribution in [0.5, 0.6) is 11.5 Å². The average Bonchev–Trinajstić information content (AvgIpc) is 3.25. The van der Waals surface area contributed by atoms with Gasteiger partial charge in [0.05, 0.1) is 23.2 Å². The number of hydroxylamine groups is 4. The third-order valence-electron chi connectivity index (χ3n) is 6.23. The first kappa shape index (κ1) is 21.6. The van der Waals surface area contributed by atoms with Crippen LogP contribution in [0.15, 0.2) is 12.1 Å². The van der Waals surface area contributed by atoms with Gasteiger partial charge in [0.2, 0.25) is 6.79 Å². The summed E-state index contributed by atoms with van der Waals surface area (Å²) in [7, 11) is 0. The van der Waals surface area contributed by atoms with E-state index in [0.29, 0.717) is 22.6 Å². The molecule has 1 aromatic carbocycles. The van der Waals surface area contributed by atoms with Crippen molar-refractivity contribution in [2.24, 2.45) is 0 Å². The minimum atomic E-state index is -0.508. The number of fused-ring (bicyclic) bond motifs is 1. The Morgan fingerprint density at radius 2 is 0.935 bits per heavy atom.